The number of fused-ring (bicyclic) bond motifs is 1. The van der Waals surface area contributed by atoms with Crippen molar-refractivity contribution in [1.82, 2.24) is 19.4 Å². The van der Waals surface area contributed by atoms with Crippen molar-refractivity contribution in [1.29, 1.82) is 0 Å². The summed E-state index contributed by atoms with van der Waals surface area (Å²) in [5.41, 5.74) is 0. The lowest BCUT2D eigenvalue weighted by Gasteiger charge is -2.07. The fourth-order valence-electron chi connectivity index (χ4n) is 1.72. The van der Waals surface area contributed by atoms with Crippen LogP contribution in [0.3, 0.4) is 0 Å². The van der Waals surface area contributed by atoms with Crippen LogP contribution in [-0.4, -0.2) is 34.8 Å². The van der Waals surface area contributed by atoms with Gasteiger partial charge in [-0.3, -0.25) is 14.1 Å². The molecule has 3 rings (SSSR count). The maximum absolute atomic E-state index is 12.5. The predicted molar refractivity (Wildman–Crippen MR) is 75.5 cm³/mol. The van der Waals surface area contributed by atoms with E-state index in [0.29, 0.717) is 4.96 Å². The molecule has 0 bridgehead atoms. The fourth-order valence-corrected chi connectivity index (χ4v) is 3.78. The monoisotopic (exact) mass is 310 g/mol. The lowest BCUT2D eigenvalue weighted by molar-refractivity contribution is 0.597. The maximum atomic E-state index is 12.5. The Morgan fingerprint density at radius 1 is 1.35 bits per heavy atom. The molecule has 0 spiro atoms. The normalized spacial score (nSPS) is 11.7. The standard InChI is InChI=1S/C10H10N6O2S2/c1-11-8-9(16-4-5-19-10(16)14-8)20(17,18)15-7-6-12-2-3-13-7/h2-6,11H,1H3,(H,13,15). The Hall–Kier alpha value is -2.20. The number of nitrogens with zero attached hydrogens (tertiary/aromatic N) is 4. The SMILES string of the molecule is CNc1nc2sccn2c1S(=O)(=O)Nc1cnccn1. The van der Waals surface area contributed by atoms with Crippen LogP contribution < -0.4 is 10.0 Å². The van der Waals surface area contributed by atoms with Gasteiger partial charge in [0, 0.05) is 31.0 Å². The minimum atomic E-state index is -3.82. The predicted octanol–water partition coefficient (Wildman–Crippen LogP) is 1.03. The number of nitrogens with one attached hydrogen (secondary N) is 2. The van der Waals surface area contributed by atoms with Gasteiger partial charge < -0.3 is 5.32 Å². The second kappa shape index (κ2) is 4.72. The van der Waals surface area contributed by atoms with Crippen LogP contribution in [0.1, 0.15) is 0 Å². The van der Waals surface area contributed by atoms with Crippen LogP contribution in [0.4, 0.5) is 11.6 Å². The van der Waals surface area contributed by atoms with E-state index in [1.807, 2.05) is 0 Å². The van der Waals surface area contributed by atoms with Crippen molar-refractivity contribution < 1.29 is 8.42 Å². The largest absolute Gasteiger partial charge is 0.371 e. The summed E-state index contributed by atoms with van der Waals surface area (Å²) in [5, 5.41) is 4.59. The van der Waals surface area contributed by atoms with E-state index < -0.39 is 10.0 Å². The van der Waals surface area contributed by atoms with Gasteiger partial charge in [-0.1, -0.05) is 0 Å². The van der Waals surface area contributed by atoms with Crippen LogP contribution >= 0.6 is 11.3 Å². The van der Waals surface area contributed by atoms with Gasteiger partial charge in [-0.05, 0) is 0 Å². The number of aromatic nitrogens is 4. The molecule has 3 heterocycles. The first-order chi connectivity index (χ1) is 9.62. The van der Waals surface area contributed by atoms with Crippen molar-refractivity contribution in [2.24, 2.45) is 0 Å². The molecule has 0 atom stereocenters. The van der Waals surface area contributed by atoms with Crippen LogP contribution in [0.25, 0.3) is 4.96 Å². The van der Waals surface area contributed by atoms with E-state index >= 15 is 0 Å². The Morgan fingerprint density at radius 2 is 2.20 bits per heavy atom. The average molecular weight is 310 g/mol. The van der Waals surface area contributed by atoms with Gasteiger partial charge in [0.2, 0.25) is 5.03 Å². The highest BCUT2D eigenvalue weighted by atomic mass is 32.2. The molecule has 0 aliphatic carbocycles. The van der Waals surface area contributed by atoms with E-state index in [0.717, 1.165) is 0 Å². The number of sulfonamides is 1. The van der Waals surface area contributed by atoms with Gasteiger partial charge in [-0.2, -0.15) is 8.42 Å². The third-order valence-corrected chi connectivity index (χ3v) is 4.65. The van der Waals surface area contributed by atoms with E-state index in [1.54, 1.807) is 18.6 Å². The van der Waals surface area contributed by atoms with E-state index in [-0.39, 0.29) is 16.7 Å². The van der Waals surface area contributed by atoms with Gasteiger partial charge in [0.25, 0.3) is 10.0 Å². The van der Waals surface area contributed by atoms with Crippen molar-refractivity contribution in [2.75, 3.05) is 17.1 Å². The summed E-state index contributed by atoms with van der Waals surface area (Å²) < 4.78 is 28.8. The molecule has 0 radical (unpaired) electrons. The zero-order valence-corrected chi connectivity index (χ0v) is 11.9. The maximum Gasteiger partial charge on any atom is 0.282 e. The molecule has 0 aromatic carbocycles. The molecule has 20 heavy (non-hydrogen) atoms. The molecule has 10 heteroatoms. The van der Waals surface area contributed by atoms with Crippen LogP contribution in [0.2, 0.25) is 0 Å². The van der Waals surface area contributed by atoms with E-state index in [9.17, 15) is 8.42 Å². The average Bonchev–Trinajstić information content (AvgIpc) is 2.98. The molecule has 104 valence electrons. The first kappa shape index (κ1) is 12.8. The molecular weight excluding hydrogens is 300 g/mol. The summed E-state index contributed by atoms with van der Waals surface area (Å²) in [5.74, 6) is 0.438. The summed E-state index contributed by atoms with van der Waals surface area (Å²) in [6.45, 7) is 0. The van der Waals surface area contributed by atoms with Gasteiger partial charge in [0.15, 0.2) is 16.6 Å². The van der Waals surface area contributed by atoms with Crippen molar-refractivity contribution in [3.63, 3.8) is 0 Å². The highest BCUT2D eigenvalue weighted by Gasteiger charge is 2.25. The third-order valence-electron chi connectivity index (χ3n) is 2.51. The molecule has 3 aromatic heterocycles. The van der Waals surface area contributed by atoms with Crippen molar-refractivity contribution in [3.8, 4) is 0 Å². The van der Waals surface area contributed by atoms with Gasteiger partial charge in [-0.25, -0.2) is 9.97 Å². The Balaban J connectivity index is 2.11. The molecule has 0 amide bonds. The van der Waals surface area contributed by atoms with Gasteiger partial charge in [-0.15, -0.1) is 11.3 Å². The van der Waals surface area contributed by atoms with Crippen LogP contribution in [0.15, 0.2) is 35.2 Å². The van der Waals surface area contributed by atoms with Crippen molar-refractivity contribution in [3.05, 3.63) is 30.2 Å². The highest BCUT2D eigenvalue weighted by molar-refractivity contribution is 7.92. The smallest absolute Gasteiger partial charge is 0.282 e. The lowest BCUT2D eigenvalue weighted by atomic mass is 10.7. The number of hydrogen-bond acceptors (Lipinski definition) is 7. The van der Waals surface area contributed by atoms with E-state index in [4.69, 9.17) is 0 Å². The molecule has 0 unspecified atom stereocenters. The summed E-state index contributed by atoms with van der Waals surface area (Å²) >= 11 is 1.35. The van der Waals surface area contributed by atoms with Gasteiger partial charge >= 0.3 is 0 Å². The minimum Gasteiger partial charge on any atom is -0.371 e. The number of thiazole rings is 1. The molecule has 0 aliphatic rings. The highest BCUT2D eigenvalue weighted by Crippen LogP contribution is 2.26. The first-order valence-electron chi connectivity index (χ1n) is 5.54. The number of anilines is 2. The van der Waals surface area contributed by atoms with Crippen LogP contribution in [-0.2, 0) is 10.0 Å². The molecule has 0 saturated heterocycles. The Labute approximate surface area is 118 Å². The first-order valence-corrected chi connectivity index (χ1v) is 7.90. The fraction of sp³-hybridized carbons (Fsp3) is 0.100. The van der Waals surface area contributed by atoms with E-state index in [1.165, 1.54) is 34.3 Å². The van der Waals surface area contributed by atoms with Crippen molar-refractivity contribution in [2.45, 2.75) is 5.03 Å². The molecular formula is C10H10N6O2S2. The summed E-state index contributed by atoms with van der Waals surface area (Å²) in [6.07, 6.45) is 5.86. The molecule has 0 aliphatic heterocycles. The zero-order chi connectivity index (χ0) is 14.2. The second-order valence-corrected chi connectivity index (χ2v) is 6.24. The topological polar surface area (TPSA) is 101 Å². The summed E-state index contributed by atoms with van der Waals surface area (Å²) in [7, 11) is -2.20. The third kappa shape index (κ3) is 2.08. The van der Waals surface area contributed by atoms with Crippen LogP contribution in [0, 0.1) is 0 Å². The minimum absolute atomic E-state index is 0.0434. The van der Waals surface area contributed by atoms with Gasteiger partial charge in [0.1, 0.15) is 0 Å². The molecule has 8 nitrogen and oxygen atoms in total. The molecule has 2 N–H and O–H groups in total. The Bertz CT molecular complexity index is 839. The lowest BCUT2D eigenvalue weighted by Crippen LogP contribution is -2.17. The summed E-state index contributed by atoms with van der Waals surface area (Å²) in [6, 6.07) is 0. The zero-order valence-electron chi connectivity index (χ0n) is 10.3. The van der Waals surface area contributed by atoms with Gasteiger partial charge in [0.05, 0.1) is 6.20 Å². The molecule has 3 aromatic rings. The molecule has 0 fully saturated rings. The quantitative estimate of drug-likeness (QED) is 0.746. The molecule has 0 saturated carbocycles. The number of imidazole rings is 1. The summed E-state index contributed by atoms with van der Waals surface area (Å²) in [4.78, 5) is 12.5. The second-order valence-electron chi connectivity index (χ2n) is 3.77. The number of hydrogen-bond donors (Lipinski definition) is 2. The van der Waals surface area contributed by atoms with Crippen LogP contribution in [0.5, 0.6) is 0 Å². The number of rotatable bonds is 4. The Kier molecular flexibility index (Phi) is 3.03. The van der Waals surface area contributed by atoms with Crippen molar-refractivity contribution >= 4 is 38.0 Å². The Morgan fingerprint density at radius 3 is 2.90 bits per heavy atom. The van der Waals surface area contributed by atoms with E-state index in [2.05, 4.69) is 25.0 Å².